The van der Waals surface area contributed by atoms with Crippen LogP contribution in [0.15, 0.2) is 224 Å². The summed E-state index contributed by atoms with van der Waals surface area (Å²) in [7, 11) is 0. The molecule has 3 aliphatic carbocycles. The molecule has 0 atom stereocenters. The predicted molar refractivity (Wildman–Crippen MR) is 265 cm³/mol. The fourth-order valence-electron chi connectivity index (χ4n) is 12.8. The summed E-state index contributed by atoms with van der Waals surface area (Å²) in [4.78, 5) is 11.1. The number of rotatable bonds is 2. The third kappa shape index (κ3) is 4.22. The van der Waals surface area contributed by atoms with E-state index in [1.165, 1.54) is 88.3 Å². The van der Waals surface area contributed by atoms with Gasteiger partial charge in [-0.2, -0.15) is 0 Å². The summed E-state index contributed by atoms with van der Waals surface area (Å²) in [6.45, 7) is 0. The lowest BCUT2D eigenvalue weighted by atomic mass is 9.52. The van der Waals surface area contributed by atoms with Gasteiger partial charge in [0.15, 0.2) is 0 Å². The minimum Gasteiger partial charge on any atom is -0.277 e. The standard InChI is InChI=1S/C62H37N3/c1-2-19-39(20-3-1)57-46-25-9-17-33-55(46)63-60(64-57)65-58-40-21-5-4-18-38(40)34-35-43(58)44-36-37-54-56(59(44)65)45-24-8-12-28-49(45)62(54)52-31-15-13-29-50(52)61(51-30-14-16-32-53(51)62)47-26-10-6-22-41(47)42-23-7-11-27-48(42)61/h1-37H. The molecule has 2 spiro atoms. The Morgan fingerprint density at radius 2 is 0.785 bits per heavy atom. The van der Waals surface area contributed by atoms with Crippen LogP contribution in [0.5, 0.6) is 0 Å². The molecule has 0 bridgehead atoms. The number of fused-ring (bicyclic) bond motifs is 23. The van der Waals surface area contributed by atoms with Crippen molar-refractivity contribution < 1.29 is 0 Å². The predicted octanol–water partition coefficient (Wildman–Crippen LogP) is 14.6. The van der Waals surface area contributed by atoms with Crippen molar-refractivity contribution in [3.8, 4) is 39.5 Å². The summed E-state index contributed by atoms with van der Waals surface area (Å²) in [6, 6.07) is 83.3. The minimum absolute atomic E-state index is 0.506. The van der Waals surface area contributed by atoms with E-state index in [9.17, 15) is 0 Å². The molecule has 2 heterocycles. The number of hydrogen-bond acceptors (Lipinski definition) is 2. The lowest BCUT2D eigenvalue weighted by Gasteiger charge is -2.48. The van der Waals surface area contributed by atoms with Crippen LogP contribution >= 0.6 is 0 Å². The summed E-state index contributed by atoms with van der Waals surface area (Å²) >= 11 is 0. The zero-order valence-electron chi connectivity index (χ0n) is 35.2. The van der Waals surface area contributed by atoms with Crippen molar-refractivity contribution in [3.05, 3.63) is 269 Å². The van der Waals surface area contributed by atoms with E-state index in [4.69, 9.17) is 9.97 Å². The fraction of sp³-hybridized carbons (Fsp3) is 0.0323. The average molecular weight is 824 g/mol. The first-order valence-electron chi connectivity index (χ1n) is 22.6. The minimum atomic E-state index is -0.631. The van der Waals surface area contributed by atoms with Gasteiger partial charge in [-0.05, 0) is 72.7 Å². The van der Waals surface area contributed by atoms with Gasteiger partial charge in [-0.15, -0.1) is 0 Å². The molecular formula is C62H37N3. The monoisotopic (exact) mass is 823 g/mol. The van der Waals surface area contributed by atoms with E-state index in [2.05, 4.69) is 229 Å². The molecule has 0 N–H and O–H groups in total. The second kappa shape index (κ2) is 12.6. The summed E-state index contributed by atoms with van der Waals surface area (Å²) in [5, 5.41) is 5.74. The molecule has 10 aromatic carbocycles. The lowest BCUT2D eigenvalue weighted by molar-refractivity contribution is 0.633. The maximum absolute atomic E-state index is 5.62. The summed E-state index contributed by atoms with van der Waals surface area (Å²) in [6.07, 6.45) is 0. The third-order valence-corrected chi connectivity index (χ3v) is 15.1. The quantitative estimate of drug-likeness (QED) is 0.174. The van der Waals surface area contributed by atoms with Crippen LogP contribution in [-0.2, 0) is 10.8 Å². The highest BCUT2D eigenvalue weighted by atomic mass is 15.2. The number of hydrogen-bond donors (Lipinski definition) is 0. The van der Waals surface area contributed by atoms with Crippen molar-refractivity contribution in [2.45, 2.75) is 10.8 Å². The Morgan fingerprint density at radius 1 is 0.308 bits per heavy atom. The van der Waals surface area contributed by atoms with Gasteiger partial charge in [0, 0.05) is 32.7 Å². The van der Waals surface area contributed by atoms with Gasteiger partial charge in [0.2, 0.25) is 5.95 Å². The topological polar surface area (TPSA) is 30.7 Å². The number of benzene rings is 10. The largest absolute Gasteiger partial charge is 0.277 e. The zero-order chi connectivity index (χ0) is 42.4. The second-order valence-electron chi connectivity index (χ2n) is 17.9. The van der Waals surface area contributed by atoms with Crippen LogP contribution in [0.1, 0.15) is 44.5 Å². The van der Waals surface area contributed by atoms with E-state index in [-0.39, 0.29) is 0 Å². The fourth-order valence-corrected chi connectivity index (χ4v) is 12.8. The van der Waals surface area contributed by atoms with Crippen molar-refractivity contribution in [1.29, 1.82) is 0 Å². The molecule has 3 heteroatoms. The summed E-state index contributed by atoms with van der Waals surface area (Å²) in [5.74, 6) is 0.660. The Morgan fingerprint density at radius 3 is 1.45 bits per heavy atom. The average Bonchev–Trinajstić information content (AvgIpc) is 3.99. The zero-order valence-corrected chi connectivity index (χ0v) is 35.2. The lowest BCUT2D eigenvalue weighted by Crippen LogP contribution is -2.43. The molecule has 0 aliphatic heterocycles. The van der Waals surface area contributed by atoms with E-state index >= 15 is 0 Å². The molecule has 0 fully saturated rings. The molecule has 2 aromatic heterocycles. The first kappa shape index (κ1) is 35.1. The Labute approximate surface area is 375 Å². The molecule has 0 saturated heterocycles. The van der Waals surface area contributed by atoms with Crippen LogP contribution < -0.4 is 0 Å². The molecule has 15 rings (SSSR count). The van der Waals surface area contributed by atoms with Crippen LogP contribution in [0, 0.1) is 0 Å². The Hall–Kier alpha value is -8.40. The first-order chi connectivity index (χ1) is 32.3. The van der Waals surface area contributed by atoms with Crippen molar-refractivity contribution in [2.75, 3.05) is 0 Å². The molecule has 0 saturated carbocycles. The van der Waals surface area contributed by atoms with Crippen molar-refractivity contribution in [3.63, 3.8) is 0 Å². The maximum atomic E-state index is 5.62. The van der Waals surface area contributed by atoms with Gasteiger partial charge in [-0.1, -0.05) is 218 Å². The third-order valence-electron chi connectivity index (χ3n) is 15.1. The van der Waals surface area contributed by atoms with E-state index in [1.807, 2.05) is 0 Å². The van der Waals surface area contributed by atoms with Crippen molar-refractivity contribution >= 4 is 43.5 Å². The molecule has 12 aromatic rings. The van der Waals surface area contributed by atoms with Gasteiger partial charge < -0.3 is 0 Å². The molecular weight excluding hydrogens is 787 g/mol. The molecule has 0 unspecified atom stereocenters. The van der Waals surface area contributed by atoms with E-state index in [0.29, 0.717) is 5.95 Å². The van der Waals surface area contributed by atoms with Gasteiger partial charge >= 0.3 is 0 Å². The van der Waals surface area contributed by atoms with Gasteiger partial charge in [0.05, 0.1) is 33.1 Å². The maximum Gasteiger partial charge on any atom is 0.235 e. The van der Waals surface area contributed by atoms with Gasteiger partial charge in [0.1, 0.15) is 0 Å². The molecule has 3 nitrogen and oxygen atoms in total. The number of nitrogens with zero attached hydrogens (tertiary/aromatic N) is 3. The highest BCUT2D eigenvalue weighted by Gasteiger charge is 2.59. The van der Waals surface area contributed by atoms with Crippen LogP contribution in [0.3, 0.4) is 0 Å². The van der Waals surface area contributed by atoms with Gasteiger partial charge in [-0.25, -0.2) is 9.97 Å². The Bertz CT molecular complexity index is 3930. The van der Waals surface area contributed by atoms with Crippen LogP contribution in [0.25, 0.3) is 82.9 Å². The van der Waals surface area contributed by atoms with Crippen LogP contribution in [-0.4, -0.2) is 14.5 Å². The summed E-state index contributed by atoms with van der Waals surface area (Å²) in [5.41, 5.74) is 19.6. The van der Waals surface area contributed by atoms with Crippen LogP contribution in [0.4, 0.5) is 0 Å². The SMILES string of the molecule is c1ccc(-c2nc(-n3c4c5c(ccc4c4ccc6ccccc6c43)C3(c4ccccc4-5)c4ccccc4C4(c5ccccc5-c5ccccc54)c4ccccc43)nc3ccccc23)cc1. The number of para-hydroxylation sites is 1. The second-order valence-corrected chi connectivity index (χ2v) is 17.9. The molecule has 65 heavy (non-hydrogen) atoms. The Kier molecular flexibility index (Phi) is 6.82. The molecule has 3 aliphatic rings. The van der Waals surface area contributed by atoms with Crippen molar-refractivity contribution in [2.24, 2.45) is 0 Å². The van der Waals surface area contributed by atoms with E-state index in [0.717, 1.165) is 33.2 Å². The molecule has 0 radical (unpaired) electrons. The van der Waals surface area contributed by atoms with Crippen LogP contribution in [0.2, 0.25) is 0 Å². The highest BCUT2D eigenvalue weighted by molar-refractivity contribution is 6.22. The normalized spacial score (nSPS) is 14.4. The first-order valence-corrected chi connectivity index (χ1v) is 22.6. The van der Waals surface area contributed by atoms with E-state index < -0.39 is 10.8 Å². The van der Waals surface area contributed by atoms with Gasteiger partial charge in [0.25, 0.3) is 0 Å². The smallest absolute Gasteiger partial charge is 0.235 e. The number of aromatic nitrogens is 3. The summed E-state index contributed by atoms with van der Waals surface area (Å²) < 4.78 is 2.41. The molecule has 0 amide bonds. The van der Waals surface area contributed by atoms with Crippen molar-refractivity contribution in [1.82, 2.24) is 14.5 Å². The highest BCUT2D eigenvalue weighted by Crippen LogP contribution is 2.68. The molecule has 300 valence electrons. The van der Waals surface area contributed by atoms with Gasteiger partial charge in [-0.3, -0.25) is 4.57 Å². The Balaban J connectivity index is 1.13. The van der Waals surface area contributed by atoms with E-state index in [1.54, 1.807) is 0 Å².